The minimum Gasteiger partial charge on any atom is -0.444 e. The van der Waals surface area contributed by atoms with E-state index in [1.165, 1.54) is 0 Å². The lowest BCUT2D eigenvalue weighted by Crippen LogP contribution is -2.32. The molecule has 110 valence electrons. The van der Waals surface area contributed by atoms with Gasteiger partial charge in [-0.1, -0.05) is 17.9 Å². The highest BCUT2D eigenvalue weighted by Gasteiger charge is 2.15. The molecule has 1 aromatic heterocycles. The normalized spacial score (nSPS) is 10.8. The molecular weight excluding hydrogens is 266 g/mol. The lowest BCUT2D eigenvalue weighted by atomic mass is 10.2. The van der Waals surface area contributed by atoms with Gasteiger partial charge in [-0.25, -0.2) is 9.78 Å². The average Bonchev–Trinajstić information content (AvgIpc) is 2.85. The van der Waals surface area contributed by atoms with Crippen molar-refractivity contribution in [3.8, 4) is 11.8 Å². The Morgan fingerprint density at radius 2 is 2.24 bits per heavy atom. The summed E-state index contributed by atoms with van der Waals surface area (Å²) in [6, 6.07) is 5.82. The van der Waals surface area contributed by atoms with Crippen LogP contribution in [0, 0.1) is 11.8 Å². The molecule has 1 amide bonds. The molecule has 0 aliphatic heterocycles. The zero-order valence-corrected chi connectivity index (χ0v) is 12.5. The lowest BCUT2D eigenvalue weighted by Gasteiger charge is -2.19. The summed E-state index contributed by atoms with van der Waals surface area (Å²) in [7, 11) is 0. The van der Waals surface area contributed by atoms with Crippen molar-refractivity contribution >= 4 is 17.1 Å². The van der Waals surface area contributed by atoms with Crippen molar-refractivity contribution in [3.05, 3.63) is 30.1 Å². The lowest BCUT2D eigenvalue weighted by molar-refractivity contribution is 0.0529. The number of hydrogen-bond donors (Lipinski definition) is 2. The molecule has 0 saturated carbocycles. The van der Waals surface area contributed by atoms with Gasteiger partial charge in [-0.05, 0) is 32.9 Å². The number of benzene rings is 1. The van der Waals surface area contributed by atoms with Crippen LogP contribution in [0.5, 0.6) is 0 Å². The van der Waals surface area contributed by atoms with E-state index >= 15 is 0 Å². The molecule has 0 unspecified atom stereocenters. The number of alkyl carbamates (subject to hydrolysis) is 1. The molecule has 2 aromatic rings. The third kappa shape index (κ3) is 4.53. The summed E-state index contributed by atoms with van der Waals surface area (Å²) < 4.78 is 5.14. The zero-order valence-electron chi connectivity index (χ0n) is 12.5. The second-order valence-electron chi connectivity index (χ2n) is 5.58. The summed E-state index contributed by atoms with van der Waals surface area (Å²) in [6.45, 7) is 5.95. The molecule has 5 nitrogen and oxygen atoms in total. The van der Waals surface area contributed by atoms with Gasteiger partial charge in [0.1, 0.15) is 11.1 Å². The van der Waals surface area contributed by atoms with Gasteiger partial charge in [-0.15, -0.1) is 0 Å². The van der Waals surface area contributed by atoms with E-state index in [2.05, 4.69) is 27.1 Å². The fourth-order valence-corrected chi connectivity index (χ4v) is 1.77. The topological polar surface area (TPSA) is 67.0 Å². The maximum Gasteiger partial charge on any atom is 0.407 e. The monoisotopic (exact) mass is 285 g/mol. The quantitative estimate of drug-likeness (QED) is 0.658. The Labute approximate surface area is 124 Å². The number of nitrogens with zero attached hydrogens (tertiary/aromatic N) is 1. The van der Waals surface area contributed by atoms with Crippen molar-refractivity contribution in [3.63, 3.8) is 0 Å². The molecule has 0 aliphatic rings. The van der Waals surface area contributed by atoms with Crippen molar-refractivity contribution in [2.75, 3.05) is 6.54 Å². The molecule has 2 N–H and O–H groups in total. The van der Waals surface area contributed by atoms with Crippen LogP contribution in [0.1, 0.15) is 32.8 Å². The van der Waals surface area contributed by atoms with Gasteiger partial charge in [0.25, 0.3) is 0 Å². The molecular formula is C16H19N3O2. The fraction of sp³-hybridized carbons (Fsp3) is 0.375. The number of hydrogen-bond acceptors (Lipinski definition) is 3. The van der Waals surface area contributed by atoms with Crippen LogP contribution >= 0.6 is 0 Å². The zero-order chi connectivity index (χ0) is 15.3. The molecule has 1 heterocycles. The van der Waals surface area contributed by atoms with E-state index < -0.39 is 11.7 Å². The van der Waals surface area contributed by atoms with Gasteiger partial charge in [0, 0.05) is 13.0 Å². The number of para-hydroxylation sites is 1. The van der Waals surface area contributed by atoms with E-state index in [0.29, 0.717) is 13.0 Å². The summed E-state index contributed by atoms with van der Waals surface area (Å²) in [5.74, 6) is 6.10. The number of aromatic amines is 1. The minimum absolute atomic E-state index is 0.418. The van der Waals surface area contributed by atoms with Crippen LogP contribution in [-0.4, -0.2) is 28.2 Å². The second kappa shape index (κ2) is 6.31. The van der Waals surface area contributed by atoms with Crippen LogP contribution in [-0.2, 0) is 4.74 Å². The Morgan fingerprint density at radius 3 is 3.00 bits per heavy atom. The first kappa shape index (κ1) is 14.9. The smallest absolute Gasteiger partial charge is 0.407 e. The molecule has 0 radical (unpaired) electrons. The van der Waals surface area contributed by atoms with E-state index in [-0.39, 0.29) is 0 Å². The van der Waals surface area contributed by atoms with Crippen LogP contribution in [0.25, 0.3) is 11.0 Å². The maximum absolute atomic E-state index is 11.4. The third-order valence-electron chi connectivity index (χ3n) is 2.59. The van der Waals surface area contributed by atoms with Gasteiger partial charge in [0.2, 0.25) is 0 Å². The molecule has 0 atom stereocenters. The predicted octanol–water partition coefficient (Wildman–Crippen LogP) is 2.83. The molecule has 21 heavy (non-hydrogen) atoms. The Kier molecular flexibility index (Phi) is 4.49. The maximum atomic E-state index is 11.4. The number of rotatable bonds is 2. The van der Waals surface area contributed by atoms with E-state index in [4.69, 9.17) is 4.74 Å². The van der Waals surface area contributed by atoms with Crippen molar-refractivity contribution in [1.82, 2.24) is 15.3 Å². The molecule has 0 spiro atoms. The Bertz CT molecular complexity index is 687. The largest absolute Gasteiger partial charge is 0.444 e. The highest BCUT2D eigenvalue weighted by Crippen LogP contribution is 2.13. The first-order chi connectivity index (χ1) is 9.96. The van der Waals surface area contributed by atoms with Gasteiger partial charge >= 0.3 is 6.09 Å². The number of imidazole rings is 1. The Balaban J connectivity index is 1.85. The molecule has 0 fully saturated rings. The highest BCUT2D eigenvalue weighted by molar-refractivity contribution is 5.81. The van der Waals surface area contributed by atoms with Gasteiger partial charge in [-0.2, -0.15) is 0 Å². The summed E-state index contributed by atoms with van der Waals surface area (Å²) in [6.07, 6.45) is 1.79. The van der Waals surface area contributed by atoms with Gasteiger partial charge in [0.15, 0.2) is 0 Å². The fourth-order valence-electron chi connectivity index (χ4n) is 1.77. The van der Waals surface area contributed by atoms with E-state index in [0.717, 1.165) is 16.6 Å². The Morgan fingerprint density at radius 1 is 1.43 bits per heavy atom. The molecule has 0 aliphatic carbocycles. The minimum atomic E-state index is -0.481. The number of H-pyrrole nitrogens is 1. The number of nitrogens with one attached hydrogen (secondary N) is 2. The van der Waals surface area contributed by atoms with Crippen LogP contribution < -0.4 is 5.32 Å². The van der Waals surface area contributed by atoms with Crippen molar-refractivity contribution in [2.45, 2.75) is 32.8 Å². The summed E-state index contributed by atoms with van der Waals surface area (Å²) in [4.78, 5) is 18.7. The number of carbonyl (C=O) groups is 1. The number of aromatic nitrogens is 2. The van der Waals surface area contributed by atoms with Crippen LogP contribution in [0.15, 0.2) is 24.5 Å². The number of ether oxygens (including phenoxy) is 1. The first-order valence-electron chi connectivity index (χ1n) is 6.83. The van der Waals surface area contributed by atoms with E-state index in [9.17, 15) is 4.79 Å². The van der Waals surface area contributed by atoms with E-state index in [1.54, 1.807) is 6.33 Å². The summed E-state index contributed by atoms with van der Waals surface area (Å²) in [5.41, 5.74) is 2.23. The molecule has 2 rings (SSSR count). The van der Waals surface area contributed by atoms with Gasteiger partial charge in [0.05, 0.1) is 17.4 Å². The predicted molar refractivity (Wildman–Crippen MR) is 81.8 cm³/mol. The molecule has 1 aromatic carbocycles. The molecule has 0 saturated heterocycles. The number of carbonyl (C=O) groups excluding carboxylic acids is 1. The summed E-state index contributed by atoms with van der Waals surface area (Å²) >= 11 is 0. The third-order valence-corrected chi connectivity index (χ3v) is 2.59. The van der Waals surface area contributed by atoms with Gasteiger partial charge < -0.3 is 15.0 Å². The first-order valence-corrected chi connectivity index (χ1v) is 6.83. The number of fused-ring (bicyclic) bond motifs is 1. The van der Waals surface area contributed by atoms with Gasteiger partial charge in [-0.3, -0.25) is 0 Å². The average molecular weight is 285 g/mol. The van der Waals surface area contributed by atoms with Crippen LogP contribution in [0.3, 0.4) is 0 Å². The second-order valence-corrected chi connectivity index (χ2v) is 5.58. The SMILES string of the molecule is CC(C)(C)OC(=O)NCCC#Cc1cccc2[nH]cnc12. The van der Waals surface area contributed by atoms with Crippen LogP contribution in [0.4, 0.5) is 4.79 Å². The van der Waals surface area contributed by atoms with Crippen molar-refractivity contribution in [1.29, 1.82) is 0 Å². The molecule has 5 heteroatoms. The summed E-state index contributed by atoms with van der Waals surface area (Å²) in [5, 5.41) is 2.67. The van der Waals surface area contributed by atoms with Crippen molar-refractivity contribution < 1.29 is 9.53 Å². The molecule has 0 bridgehead atoms. The number of amides is 1. The highest BCUT2D eigenvalue weighted by atomic mass is 16.6. The Hall–Kier alpha value is -2.48. The van der Waals surface area contributed by atoms with Crippen LogP contribution in [0.2, 0.25) is 0 Å². The van der Waals surface area contributed by atoms with E-state index in [1.807, 2.05) is 39.0 Å². The van der Waals surface area contributed by atoms with Crippen molar-refractivity contribution in [2.24, 2.45) is 0 Å². The standard InChI is InChI=1S/C16H19N3O2/c1-16(2,3)21-15(20)17-10-5-4-7-12-8-6-9-13-14(12)19-11-18-13/h6,8-9,11H,5,10H2,1-3H3,(H,17,20)(H,18,19).